The Balaban J connectivity index is 1.37. The maximum atomic E-state index is 6.07. The van der Waals surface area contributed by atoms with Gasteiger partial charge in [0.1, 0.15) is 18.2 Å². The molecule has 136 valence electrons. The summed E-state index contributed by atoms with van der Waals surface area (Å²) in [5.74, 6) is 1.85. The molecule has 0 bridgehead atoms. The van der Waals surface area contributed by atoms with Crippen molar-refractivity contribution in [2.45, 2.75) is 26.6 Å². The lowest BCUT2D eigenvalue weighted by molar-refractivity contribution is 0.302. The Hall–Kier alpha value is -3.11. The summed E-state index contributed by atoms with van der Waals surface area (Å²) in [6, 6.07) is 24.6. The molecule has 4 aromatic rings. The minimum absolute atomic E-state index is 0.572. The number of nitrogens with zero attached hydrogens (tertiary/aromatic N) is 1. The summed E-state index contributed by atoms with van der Waals surface area (Å²) in [4.78, 5) is 7.94. The zero-order chi connectivity index (χ0) is 18.5. The summed E-state index contributed by atoms with van der Waals surface area (Å²) in [7, 11) is 0. The molecule has 0 aliphatic rings. The first-order valence-electron chi connectivity index (χ1n) is 9.18. The van der Waals surface area contributed by atoms with Crippen LogP contribution in [0, 0.1) is 6.92 Å². The van der Waals surface area contributed by atoms with Crippen molar-refractivity contribution in [3.63, 3.8) is 0 Å². The number of aromatic nitrogens is 2. The van der Waals surface area contributed by atoms with E-state index in [1.807, 2.05) is 42.5 Å². The number of imidazole rings is 1. The smallest absolute Gasteiger partial charge is 0.124 e. The molecule has 4 heteroatoms. The molecule has 2 N–H and O–H groups in total. The highest BCUT2D eigenvalue weighted by Gasteiger charge is 2.05. The first-order valence-corrected chi connectivity index (χ1v) is 9.18. The molecule has 0 radical (unpaired) electrons. The molecular weight excluding hydrogens is 334 g/mol. The van der Waals surface area contributed by atoms with Gasteiger partial charge in [-0.15, -0.1) is 0 Å². The highest BCUT2D eigenvalue weighted by atomic mass is 16.5. The molecule has 1 aromatic heterocycles. The third-order valence-electron chi connectivity index (χ3n) is 4.50. The minimum Gasteiger partial charge on any atom is -0.489 e. The van der Waals surface area contributed by atoms with Crippen LogP contribution >= 0.6 is 0 Å². The van der Waals surface area contributed by atoms with Crippen molar-refractivity contribution in [2.75, 3.05) is 0 Å². The van der Waals surface area contributed by atoms with Crippen LogP contribution in [0.2, 0.25) is 0 Å². The van der Waals surface area contributed by atoms with Gasteiger partial charge in [-0.2, -0.15) is 0 Å². The van der Waals surface area contributed by atoms with Crippen molar-refractivity contribution in [3.8, 4) is 5.75 Å². The lowest BCUT2D eigenvalue weighted by atomic mass is 10.1. The standard InChI is InChI=1S/C23H23N3O/c1-17-7-6-8-18(13-17)16-27-22-12-5-2-9-19(22)14-24-15-23-25-20-10-3-4-11-21(20)26-23/h2-13,24H,14-16H2,1H3,(H,25,26). The molecule has 0 unspecified atom stereocenters. The minimum atomic E-state index is 0.572. The Morgan fingerprint density at radius 2 is 1.78 bits per heavy atom. The fourth-order valence-electron chi connectivity index (χ4n) is 3.16. The summed E-state index contributed by atoms with van der Waals surface area (Å²) in [6.45, 7) is 4.07. The molecule has 3 aromatic carbocycles. The molecule has 27 heavy (non-hydrogen) atoms. The van der Waals surface area contributed by atoms with Gasteiger partial charge in [0.05, 0.1) is 17.6 Å². The van der Waals surface area contributed by atoms with E-state index in [4.69, 9.17) is 4.74 Å². The summed E-state index contributed by atoms with van der Waals surface area (Å²) in [5, 5.41) is 3.45. The molecular formula is C23H23N3O. The Bertz CT molecular complexity index is 1010. The number of H-pyrrole nitrogens is 1. The second-order valence-electron chi connectivity index (χ2n) is 6.69. The molecule has 0 spiro atoms. The van der Waals surface area contributed by atoms with E-state index < -0.39 is 0 Å². The average molecular weight is 357 g/mol. The van der Waals surface area contributed by atoms with Crippen LogP contribution in [0.5, 0.6) is 5.75 Å². The summed E-state index contributed by atoms with van der Waals surface area (Å²) >= 11 is 0. The van der Waals surface area contributed by atoms with Crippen LogP contribution in [0.1, 0.15) is 22.5 Å². The number of para-hydroxylation sites is 3. The number of aromatic amines is 1. The molecule has 0 fully saturated rings. The van der Waals surface area contributed by atoms with E-state index in [0.29, 0.717) is 13.2 Å². The number of aryl methyl sites for hydroxylation is 1. The molecule has 0 atom stereocenters. The molecule has 4 nitrogen and oxygen atoms in total. The van der Waals surface area contributed by atoms with E-state index in [2.05, 4.69) is 52.5 Å². The van der Waals surface area contributed by atoms with Crippen LogP contribution in [0.25, 0.3) is 11.0 Å². The highest BCUT2D eigenvalue weighted by molar-refractivity contribution is 5.74. The van der Waals surface area contributed by atoms with Gasteiger partial charge < -0.3 is 15.0 Å². The van der Waals surface area contributed by atoms with Crippen LogP contribution < -0.4 is 10.1 Å². The van der Waals surface area contributed by atoms with E-state index in [9.17, 15) is 0 Å². The quantitative estimate of drug-likeness (QED) is 0.502. The third kappa shape index (κ3) is 4.36. The van der Waals surface area contributed by atoms with Crippen molar-refractivity contribution < 1.29 is 4.74 Å². The van der Waals surface area contributed by atoms with E-state index >= 15 is 0 Å². The van der Waals surface area contributed by atoms with Crippen LogP contribution in [0.15, 0.2) is 72.8 Å². The number of benzene rings is 3. The zero-order valence-corrected chi connectivity index (χ0v) is 15.4. The van der Waals surface area contributed by atoms with E-state index in [1.165, 1.54) is 11.1 Å². The van der Waals surface area contributed by atoms with E-state index in [-0.39, 0.29) is 0 Å². The van der Waals surface area contributed by atoms with Gasteiger partial charge in [0.25, 0.3) is 0 Å². The number of ether oxygens (including phenoxy) is 1. The Labute approximate surface area is 159 Å². The van der Waals surface area contributed by atoms with Crippen LogP contribution in [-0.4, -0.2) is 9.97 Å². The topological polar surface area (TPSA) is 49.9 Å². The van der Waals surface area contributed by atoms with Gasteiger partial charge >= 0.3 is 0 Å². The Morgan fingerprint density at radius 3 is 2.67 bits per heavy atom. The van der Waals surface area contributed by atoms with E-state index in [1.54, 1.807) is 0 Å². The van der Waals surface area contributed by atoms with Gasteiger partial charge in [-0.1, -0.05) is 60.2 Å². The summed E-state index contributed by atoms with van der Waals surface area (Å²) in [5.41, 5.74) is 5.63. The number of hydrogen-bond donors (Lipinski definition) is 2. The van der Waals surface area contributed by atoms with Crippen molar-refractivity contribution in [2.24, 2.45) is 0 Å². The van der Waals surface area contributed by atoms with Gasteiger partial charge in [-0.3, -0.25) is 0 Å². The molecule has 1 heterocycles. The second-order valence-corrected chi connectivity index (χ2v) is 6.69. The van der Waals surface area contributed by atoms with Crippen LogP contribution in [0.3, 0.4) is 0 Å². The first-order chi connectivity index (χ1) is 13.3. The van der Waals surface area contributed by atoms with Crippen molar-refractivity contribution >= 4 is 11.0 Å². The van der Waals surface area contributed by atoms with Crippen LogP contribution in [-0.2, 0) is 19.7 Å². The number of fused-ring (bicyclic) bond motifs is 1. The lowest BCUT2D eigenvalue weighted by Crippen LogP contribution is -2.14. The molecule has 0 aliphatic carbocycles. The number of hydrogen-bond acceptors (Lipinski definition) is 3. The van der Waals surface area contributed by atoms with Crippen molar-refractivity contribution in [1.29, 1.82) is 0 Å². The van der Waals surface area contributed by atoms with Crippen LogP contribution in [0.4, 0.5) is 0 Å². The van der Waals surface area contributed by atoms with Gasteiger partial charge in [0, 0.05) is 12.1 Å². The predicted molar refractivity (Wildman–Crippen MR) is 109 cm³/mol. The number of rotatable bonds is 7. The zero-order valence-electron chi connectivity index (χ0n) is 15.4. The number of nitrogens with one attached hydrogen (secondary N) is 2. The van der Waals surface area contributed by atoms with Gasteiger partial charge in [-0.05, 0) is 30.7 Å². The van der Waals surface area contributed by atoms with Crippen molar-refractivity contribution in [3.05, 3.63) is 95.3 Å². The fraction of sp³-hybridized carbons (Fsp3) is 0.174. The predicted octanol–water partition coefficient (Wildman–Crippen LogP) is 4.74. The molecule has 4 rings (SSSR count). The fourth-order valence-corrected chi connectivity index (χ4v) is 3.16. The second kappa shape index (κ2) is 8.06. The Kier molecular flexibility index (Phi) is 5.17. The SMILES string of the molecule is Cc1cccc(COc2ccccc2CNCc2nc3ccccc3[nH]2)c1. The normalized spacial score (nSPS) is 11.0. The van der Waals surface area contributed by atoms with Gasteiger partial charge in [0.15, 0.2) is 0 Å². The largest absolute Gasteiger partial charge is 0.489 e. The Morgan fingerprint density at radius 1 is 0.926 bits per heavy atom. The average Bonchev–Trinajstić information content (AvgIpc) is 3.10. The monoisotopic (exact) mass is 357 g/mol. The van der Waals surface area contributed by atoms with Crippen molar-refractivity contribution in [1.82, 2.24) is 15.3 Å². The molecule has 0 aliphatic heterocycles. The lowest BCUT2D eigenvalue weighted by Gasteiger charge is -2.12. The summed E-state index contributed by atoms with van der Waals surface area (Å²) in [6.07, 6.45) is 0. The summed E-state index contributed by atoms with van der Waals surface area (Å²) < 4.78 is 6.07. The first kappa shape index (κ1) is 17.3. The maximum absolute atomic E-state index is 6.07. The molecule has 0 saturated carbocycles. The molecule has 0 saturated heterocycles. The molecule has 0 amide bonds. The van der Waals surface area contributed by atoms with Gasteiger partial charge in [0.2, 0.25) is 0 Å². The van der Waals surface area contributed by atoms with E-state index in [0.717, 1.165) is 34.7 Å². The maximum Gasteiger partial charge on any atom is 0.124 e. The third-order valence-corrected chi connectivity index (χ3v) is 4.50. The highest BCUT2D eigenvalue weighted by Crippen LogP contribution is 2.20. The van der Waals surface area contributed by atoms with Gasteiger partial charge in [-0.25, -0.2) is 4.98 Å².